The van der Waals surface area contributed by atoms with Gasteiger partial charge in [-0.1, -0.05) is 19.6 Å². The lowest BCUT2D eigenvalue weighted by atomic mass is 10.1. The molecule has 21 heavy (non-hydrogen) atoms. The van der Waals surface area contributed by atoms with Gasteiger partial charge in [-0.3, -0.25) is 0 Å². The van der Waals surface area contributed by atoms with Gasteiger partial charge in [0.15, 0.2) is 18.6 Å². The average Bonchev–Trinajstić information content (AvgIpc) is 3.14. The molecule has 0 radical (unpaired) electrons. The molecule has 0 spiro atoms. The summed E-state index contributed by atoms with van der Waals surface area (Å²) < 4.78 is 8.46. The zero-order valence-corrected chi connectivity index (χ0v) is 14.0. The van der Waals surface area contributed by atoms with Crippen molar-refractivity contribution in [3.8, 4) is 0 Å². The highest BCUT2D eigenvalue weighted by atomic mass is 28.3. The second-order valence-electron chi connectivity index (χ2n) is 7.11. The molecule has 1 aliphatic rings. The first-order valence-corrected chi connectivity index (χ1v) is 11.3. The lowest BCUT2D eigenvalue weighted by Crippen LogP contribution is -2.29. The molecule has 0 N–H and O–H groups in total. The predicted molar refractivity (Wildman–Crippen MR) is 84.8 cm³/mol. The minimum absolute atomic E-state index is 0.400. The van der Waals surface area contributed by atoms with E-state index in [1.807, 2.05) is 10.6 Å². The molecule has 0 saturated heterocycles. The van der Waals surface area contributed by atoms with Gasteiger partial charge in [0, 0.05) is 14.7 Å². The van der Waals surface area contributed by atoms with E-state index < -0.39 is 8.07 Å². The predicted octanol–water partition coefficient (Wildman–Crippen LogP) is 2.86. The van der Waals surface area contributed by atoms with Crippen molar-refractivity contribution in [1.29, 1.82) is 0 Å². The van der Waals surface area contributed by atoms with E-state index in [0.717, 1.165) is 22.9 Å². The molecule has 6 heteroatoms. The maximum Gasteiger partial charge on any atom is 0.314 e. The SMILES string of the molecule is C[Si](C)(C)CCOCn1cnc2c(C3CC3)cc[n+]([O-])c21. The molecule has 0 amide bonds. The highest BCUT2D eigenvalue weighted by Crippen LogP contribution is 2.42. The molecule has 2 heterocycles. The van der Waals surface area contributed by atoms with E-state index in [-0.39, 0.29) is 0 Å². The van der Waals surface area contributed by atoms with Gasteiger partial charge >= 0.3 is 5.65 Å². The molecule has 114 valence electrons. The van der Waals surface area contributed by atoms with Crippen LogP contribution in [0.15, 0.2) is 18.6 Å². The molecule has 0 aromatic carbocycles. The van der Waals surface area contributed by atoms with Crippen molar-refractivity contribution in [2.75, 3.05) is 6.61 Å². The maximum absolute atomic E-state index is 12.1. The quantitative estimate of drug-likeness (QED) is 0.357. The van der Waals surface area contributed by atoms with Crippen LogP contribution in [0.2, 0.25) is 25.7 Å². The van der Waals surface area contributed by atoms with Gasteiger partial charge in [-0.15, -0.1) is 0 Å². The topological polar surface area (TPSA) is 54.0 Å². The Morgan fingerprint density at radius 2 is 2.19 bits per heavy atom. The summed E-state index contributed by atoms with van der Waals surface area (Å²) in [5.74, 6) is 0.588. The van der Waals surface area contributed by atoms with Crippen LogP contribution in [0.3, 0.4) is 0 Å². The van der Waals surface area contributed by atoms with E-state index >= 15 is 0 Å². The molecule has 1 aliphatic carbocycles. The van der Waals surface area contributed by atoms with E-state index in [1.54, 1.807) is 12.5 Å². The van der Waals surface area contributed by atoms with Crippen LogP contribution in [0.5, 0.6) is 0 Å². The van der Waals surface area contributed by atoms with Gasteiger partial charge in [-0.2, -0.15) is 4.57 Å². The van der Waals surface area contributed by atoms with E-state index in [4.69, 9.17) is 4.74 Å². The highest BCUT2D eigenvalue weighted by molar-refractivity contribution is 6.76. The van der Waals surface area contributed by atoms with Crippen LogP contribution < -0.4 is 4.73 Å². The number of hydrogen-bond acceptors (Lipinski definition) is 3. The van der Waals surface area contributed by atoms with Crippen molar-refractivity contribution in [2.24, 2.45) is 0 Å². The van der Waals surface area contributed by atoms with E-state index in [0.29, 0.717) is 18.3 Å². The number of aromatic nitrogens is 3. The van der Waals surface area contributed by atoms with E-state index in [2.05, 4.69) is 24.6 Å². The second kappa shape index (κ2) is 5.42. The van der Waals surface area contributed by atoms with Gasteiger partial charge in [0.05, 0.1) is 6.20 Å². The van der Waals surface area contributed by atoms with Crippen LogP contribution in [0.1, 0.15) is 24.3 Å². The Labute approximate surface area is 126 Å². The molecule has 3 rings (SSSR count). The van der Waals surface area contributed by atoms with Crippen LogP contribution in [-0.4, -0.2) is 24.2 Å². The summed E-state index contributed by atoms with van der Waals surface area (Å²) in [5.41, 5.74) is 2.66. The monoisotopic (exact) mass is 305 g/mol. The molecule has 0 unspecified atom stereocenters. The van der Waals surface area contributed by atoms with Crippen molar-refractivity contribution < 1.29 is 9.47 Å². The van der Waals surface area contributed by atoms with Crippen LogP contribution in [-0.2, 0) is 11.5 Å². The van der Waals surface area contributed by atoms with Gasteiger partial charge in [0.2, 0.25) is 0 Å². The second-order valence-corrected chi connectivity index (χ2v) is 12.7. The fourth-order valence-electron chi connectivity index (χ4n) is 2.47. The molecular weight excluding hydrogens is 282 g/mol. The zero-order valence-electron chi connectivity index (χ0n) is 13.0. The molecule has 0 aliphatic heterocycles. The largest absolute Gasteiger partial charge is 0.711 e. The number of pyridine rings is 1. The lowest BCUT2D eigenvalue weighted by molar-refractivity contribution is -0.580. The zero-order chi connectivity index (χ0) is 15.0. The van der Waals surface area contributed by atoms with Crippen LogP contribution >= 0.6 is 0 Å². The molecule has 0 atom stereocenters. The summed E-state index contributed by atoms with van der Waals surface area (Å²) in [5, 5.41) is 12.1. The molecule has 1 saturated carbocycles. The number of ether oxygens (including phenoxy) is 1. The van der Waals surface area contributed by atoms with Crippen LogP contribution in [0.4, 0.5) is 0 Å². The summed E-state index contributed by atoms with van der Waals surface area (Å²) in [7, 11) is -1.08. The molecular formula is C15H23N3O2Si. The molecule has 2 aromatic heterocycles. The average molecular weight is 305 g/mol. The number of hydrogen-bond donors (Lipinski definition) is 0. The fourth-order valence-corrected chi connectivity index (χ4v) is 3.22. The standard InChI is InChI=1S/C15H23N3O2Si/c1-21(2,3)9-8-20-11-17-10-16-14-13(12-4-5-12)6-7-18(19)15(14)17/h6-7,10,12H,4-5,8-9,11H2,1-3H3. The summed E-state index contributed by atoms with van der Waals surface area (Å²) in [6.45, 7) is 8.14. The number of rotatable bonds is 6. The molecule has 1 fully saturated rings. The maximum atomic E-state index is 12.1. The molecule has 5 nitrogen and oxygen atoms in total. The fraction of sp³-hybridized carbons (Fsp3) is 0.600. The van der Waals surface area contributed by atoms with Crippen molar-refractivity contribution in [3.63, 3.8) is 0 Å². The Morgan fingerprint density at radius 1 is 1.43 bits per heavy atom. The van der Waals surface area contributed by atoms with Gasteiger partial charge in [0.25, 0.3) is 0 Å². The van der Waals surface area contributed by atoms with Crippen molar-refractivity contribution in [2.45, 2.75) is 51.2 Å². The molecule has 0 bridgehead atoms. The Balaban J connectivity index is 1.75. The Bertz CT molecular complexity index is 644. The Morgan fingerprint density at radius 3 is 2.86 bits per heavy atom. The highest BCUT2D eigenvalue weighted by Gasteiger charge is 2.29. The van der Waals surface area contributed by atoms with Crippen molar-refractivity contribution >= 4 is 19.2 Å². The number of nitrogens with zero attached hydrogens (tertiary/aromatic N) is 3. The van der Waals surface area contributed by atoms with Crippen LogP contribution in [0.25, 0.3) is 11.2 Å². The van der Waals surface area contributed by atoms with Gasteiger partial charge in [-0.05, 0) is 36.4 Å². The first kappa shape index (κ1) is 14.5. The van der Waals surface area contributed by atoms with Crippen molar-refractivity contribution in [1.82, 2.24) is 9.55 Å². The third-order valence-corrected chi connectivity index (χ3v) is 5.63. The van der Waals surface area contributed by atoms with Gasteiger partial charge in [-0.25, -0.2) is 9.71 Å². The number of fused-ring (bicyclic) bond motifs is 1. The minimum atomic E-state index is -1.08. The summed E-state index contributed by atoms with van der Waals surface area (Å²) >= 11 is 0. The van der Waals surface area contributed by atoms with Crippen molar-refractivity contribution in [3.05, 3.63) is 29.4 Å². The summed E-state index contributed by atoms with van der Waals surface area (Å²) in [4.78, 5) is 4.44. The Hall–Kier alpha value is -1.40. The van der Waals surface area contributed by atoms with E-state index in [1.165, 1.54) is 18.4 Å². The first-order valence-electron chi connectivity index (χ1n) is 7.60. The third-order valence-electron chi connectivity index (χ3n) is 3.93. The Kier molecular flexibility index (Phi) is 3.75. The van der Waals surface area contributed by atoms with Crippen LogP contribution in [0, 0.1) is 5.21 Å². The molecule has 2 aromatic rings. The smallest absolute Gasteiger partial charge is 0.314 e. The van der Waals surface area contributed by atoms with Gasteiger partial charge in [0.1, 0.15) is 0 Å². The first-order chi connectivity index (χ1) is 9.96. The lowest BCUT2D eigenvalue weighted by Gasteiger charge is -2.14. The van der Waals surface area contributed by atoms with Gasteiger partial charge < -0.3 is 9.94 Å². The minimum Gasteiger partial charge on any atom is -0.711 e. The summed E-state index contributed by atoms with van der Waals surface area (Å²) in [6.07, 6.45) is 5.73. The normalized spacial score (nSPS) is 15.8. The number of imidazole rings is 1. The van der Waals surface area contributed by atoms with E-state index in [9.17, 15) is 5.21 Å². The third kappa shape index (κ3) is 3.27. The summed E-state index contributed by atoms with van der Waals surface area (Å²) in [6, 6.07) is 3.04.